The highest BCUT2D eigenvalue weighted by atomic mass is 32.2. The second-order valence-electron chi connectivity index (χ2n) is 3.79. The summed E-state index contributed by atoms with van der Waals surface area (Å²) in [6.07, 6.45) is 4.63. The van der Waals surface area contributed by atoms with Crippen LogP contribution in [0.5, 0.6) is 0 Å². The zero-order chi connectivity index (χ0) is 13.9. The van der Waals surface area contributed by atoms with E-state index in [2.05, 4.69) is 20.1 Å². The number of nitrogens with one attached hydrogen (secondary N) is 2. The van der Waals surface area contributed by atoms with Crippen molar-refractivity contribution in [2.45, 2.75) is 18.4 Å². The van der Waals surface area contributed by atoms with Gasteiger partial charge in [-0.3, -0.25) is 9.40 Å². The molecule has 0 fully saturated rings. The lowest BCUT2D eigenvalue weighted by Gasteiger charge is -2.09. The molecule has 2 heterocycles. The van der Waals surface area contributed by atoms with Crippen LogP contribution in [0, 0.1) is 0 Å². The fraction of sp³-hybridized carbons (Fsp3) is 0.273. The van der Waals surface area contributed by atoms with E-state index >= 15 is 0 Å². The molecule has 2 rings (SSSR count). The molecule has 0 saturated carbocycles. The summed E-state index contributed by atoms with van der Waals surface area (Å²) < 4.78 is 28.6. The minimum atomic E-state index is -3.68. The van der Waals surface area contributed by atoms with E-state index < -0.39 is 10.0 Å². The lowest BCUT2D eigenvalue weighted by Crippen LogP contribution is -2.15. The Morgan fingerprint density at radius 2 is 2.21 bits per heavy atom. The topological polar surface area (TPSA) is 88.9 Å². The molecule has 0 spiro atoms. The van der Waals surface area contributed by atoms with Crippen LogP contribution in [0.3, 0.4) is 0 Å². The van der Waals surface area contributed by atoms with Crippen molar-refractivity contribution in [3.63, 3.8) is 0 Å². The van der Waals surface area contributed by atoms with Crippen molar-refractivity contribution in [3.05, 3.63) is 30.7 Å². The standard InChI is InChI=1S/C11H15N5O2S/c1-3-16-8-9(7-14-16)15-19(17,18)10-5-4-6-13-11(10)12-2/h4-8,15H,3H2,1-2H3,(H,12,13). The third kappa shape index (κ3) is 2.84. The zero-order valence-electron chi connectivity index (χ0n) is 10.7. The van der Waals surface area contributed by atoms with Crippen LogP contribution in [-0.4, -0.2) is 30.2 Å². The van der Waals surface area contributed by atoms with Gasteiger partial charge in [0.15, 0.2) is 0 Å². The molecule has 0 aromatic carbocycles. The van der Waals surface area contributed by atoms with Crippen LogP contribution >= 0.6 is 0 Å². The highest BCUT2D eigenvalue weighted by molar-refractivity contribution is 7.92. The number of aromatic nitrogens is 3. The van der Waals surface area contributed by atoms with Gasteiger partial charge in [0.25, 0.3) is 10.0 Å². The fourth-order valence-corrected chi connectivity index (χ4v) is 2.79. The van der Waals surface area contributed by atoms with Gasteiger partial charge in [-0.05, 0) is 19.1 Å². The first-order chi connectivity index (χ1) is 9.06. The van der Waals surface area contributed by atoms with E-state index in [4.69, 9.17) is 0 Å². The Bertz CT molecular complexity index is 665. The van der Waals surface area contributed by atoms with E-state index in [-0.39, 0.29) is 4.90 Å². The first kappa shape index (κ1) is 13.3. The summed E-state index contributed by atoms with van der Waals surface area (Å²) in [5.41, 5.74) is 0.424. The maximum Gasteiger partial charge on any atom is 0.265 e. The molecule has 0 aliphatic carbocycles. The second-order valence-corrected chi connectivity index (χ2v) is 5.44. The number of anilines is 2. The predicted molar refractivity (Wildman–Crippen MR) is 72.5 cm³/mol. The Morgan fingerprint density at radius 3 is 2.84 bits per heavy atom. The molecule has 8 heteroatoms. The van der Waals surface area contributed by atoms with Gasteiger partial charge in [0.1, 0.15) is 10.7 Å². The molecule has 0 atom stereocenters. The molecule has 19 heavy (non-hydrogen) atoms. The minimum absolute atomic E-state index is 0.0988. The average molecular weight is 281 g/mol. The van der Waals surface area contributed by atoms with Crippen molar-refractivity contribution < 1.29 is 8.42 Å². The summed E-state index contributed by atoms with van der Waals surface area (Å²) >= 11 is 0. The maximum atomic E-state index is 12.3. The number of hydrogen-bond donors (Lipinski definition) is 2. The van der Waals surface area contributed by atoms with Crippen LogP contribution < -0.4 is 10.0 Å². The van der Waals surface area contributed by atoms with Crippen molar-refractivity contribution in [3.8, 4) is 0 Å². The van der Waals surface area contributed by atoms with E-state index in [1.165, 1.54) is 18.5 Å². The van der Waals surface area contributed by atoms with Crippen LogP contribution in [0.25, 0.3) is 0 Å². The number of rotatable bonds is 5. The number of aryl methyl sites for hydroxylation is 1. The molecule has 7 nitrogen and oxygen atoms in total. The highest BCUT2D eigenvalue weighted by Gasteiger charge is 2.19. The molecule has 0 amide bonds. The largest absolute Gasteiger partial charge is 0.372 e. The molecule has 0 radical (unpaired) electrons. The van der Waals surface area contributed by atoms with Gasteiger partial charge in [-0.25, -0.2) is 13.4 Å². The lowest BCUT2D eigenvalue weighted by molar-refractivity contribution is 0.601. The third-order valence-corrected chi connectivity index (χ3v) is 3.92. The second kappa shape index (κ2) is 5.27. The summed E-state index contributed by atoms with van der Waals surface area (Å²) in [4.78, 5) is 4.07. The van der Waals surface area contributed by atoms with E-state index in [0.717, 1.165) is 0 Å². The van der Waals surface area contributed by atoms with Gasteiger partial charge in [0.2, 0.25) is 0 Å². The normalized spacial score (nSPS) is 11.3. The monoisotopic (exact) mass is 281 g/mol. The summed E-state index contributed by atoms with van der Waals surface area (Å²) in [7, 11) is -2.06. The number of pyridine rings is 1. The molecule has 2 N–H and O–H groups in total. The summed E-state index contributed by atoms with van der Waals surface area (Å²) in [6.45, 7) is 2.60. The van der Waals surface area contributed by atoms with Crippen molar-refractivity contribution >= 4 is 21.5 Å². The molecular weight excluding hydrogens is 266 g/mol. The molecule has 0 saturated heterocycles. The van der Waals surface area contributed by atoms with Gasteiger partial charge in [-0.2, -0.15) is 5.10 Å². The van der Waals surface area contributed by atoms with Gasteiger partial charge < -0.3 is 5.32 Å². The molecule has 2 aromatic heterocycles. The number of nitrogens with zero attached hydrogens (tertiary/aromatic N) is 3. The van der Waals surface area contributed by atoms with Gasteiger partial charge in [-0.15, -0.1) is 0 Å². The Kier molecular flexibility index (Phi) is 3.70. The zero-order valence-corrected chi connectivity index (χ0v) is 11.5. The Morgan fingerprint density at radius 1 is 1.42 bits per heavy atom. The fourth-order valence-electron chi connectivity index (χ4n) is 1.59. The third-order valence-electron chi connectivity index (χ3n) is 2.51. The van der Waals surface area contributed by atoms with Crippen LogP contribution in [0.15, 0.2) is 35.6 Å². The van der Waals surface area contributed by atoms with Gasteiger partial charge in [0, 0.05) is 26.0 Å². The average Bonchev–Trinajstić information content (AvgIpc) is 2.85. The van der Waals surface area contributed by atoms with Crippen molar-refractivity contribution in [1.82, 2.24) is 14.8 Å². The van der Waals surface area contributed by atoms with Gasteiger partial charge in [0.05, 0.1) is 11.9 Å². The van der Waals surface area contributed by atoms with Crippen LogP contribution in [-0.2, 0) is 16.6 Å². The van der Waals surface area contributed by atoms with E-state index in [1.54, 1.807) is 24.0 Å². The van der Waals surface area contributed by atoms with Crippen LogP contribution in [0.4, 0.5) is 11.5 Å². The summed E-state index contributed by atoms with van der Waals surface area (Å²) in [5.74, 6) is 0.304. The highest BCUT2D eigenvalue weighted by Crippen LogP contribution is 2.20. The lowest BCUT2D eigenvalue weighted by atomic mass is 10.5. The summed E-state index contributed by atoms with van der Waals surface area (Å²) in [6, 6.07) is 3.07. The number of hydrogen-bond acceptors (Lipinski definition) is 5. The van der Waals surface area contributed by atoms with Crippen molar-refractivity contribution in [2.24, 2.45) is 0 Å². The minimum Gasteiger partial charge on any atom is -0.372 e. The molecule has 0 aliphatic heterocycles. The van der Waals surface area contributed by atoms with Crippen LogP contribution in [0.1, 0.15) is 6.92 Å². The first-order valence-electron chi connectivity index (χ1n) is 5.75. The smallest absolute Gasteiger partial charge is 0.265 e. The van der Waals surface area contributed by atoms with Gasteiger partial charge >= 0.3 is 0 Å². The Hall–Kier alpha value is -2.09. The Balaban J connectivity index is 2.32. The first-order valence-corrected chi connectivity index (χ1v) is 7.23. The molecule has 0 unspecified atom stereocenters. The van der Waals surface area contributed by atoms with Gasteiger partial charge in [-0.1, -0.05) is 0 Å². The van der Waals surface area contributed by atoms with Crippen LogP contribution in [0.2, 0.25) is 0 Å². The van der Waals surface area contributed by atoms with E-state index in [1.807, 2.05) is 6.92 Å². The van der Waals surface area contributed by atoms with Crippen molar-refractivity contribution in [2.75, 3.05) is 17.1 Å². The molecule has 2 aromatic rings. The quantitative estimate of drug-likeness (QED) is 0.858. The molecular formula is C11H15N5O2S. The maximum absolute atomic E-state index is 12.3. The van der Waals surface area contributed by atoms with E-state index in [0.29, 0.717) is 18.1 Å². The number of sulfonamides is 1. The van der Waals surface area contributed by atoms with Crippen molar-refractivity contribution in [1.29, 1.82) is 0 Å². The summed E-state index contributed by atoms with van der Waals surface area (Å²) in [5, 5.41) is 6.77. The Labute approximate surface area is 111 Å². The molecule has 102 valence electrons. The molecule has 0 aliphatic rings. The van der Waals surface area contributed by atoms with E-state index in [9.17, 15) is 8.42 Å². The predicted octanol–water partition coefficient (Wildman–Crippen LogP) is 1.14. The SMILES string of the molecule is CCn1cc(NS(=O)(=O)c2cccnc2NC)cn1. The molecule has 0 bridgehead atoms.